The molecule has 4 saturated carbocycles. The largest absolute Gasteiger partial charge is 0.618 e. The van der Waals surface area contributed by atoms with Crippen molar-refractivity contribution in [3.63, 3.8) is 0 Å². The number of rotatable bonds is 6. The van der Waals surface area contributed by atoms with Crippen LogP contribution in [0.3, 0.4) is 0 Å². The zero-order valence-corrected chi connectivity index (χ0v) is 16.9. The van der Waals surface area contributed by atoms with Gasteiger partial charge in [0.2, 0.25) is 0 Å². The van der Waals surface area contributed by atoms with Gasteiger partial charge in [-0.1, -0.05) is 0 Å². The van der Waals surface area contributed by atoms with Crippen molar-refractivity contribution < 1.29 is 23.5 Å². The Bertz CT molecular complexity index is 904. The fraction of sp³-hybridized carbons (Fsp3) is 0.522. The van der Waals surface area contributed by atoms with Gasteiger partial charge in [0, 0.05) is 17.7 Å². The maximum absolute atomic E-state index is 13.3. The van der Waals surface area contributed by atoms with Crippen LogP contribution in [0.2, 0.25) is 0 Å². The lowest BCUT2D eigenvalue weighted by Crippen LogP contribution is -2.61. The first kappa shape index (κ1) is 19.2. The van der Waals surface area contributed by atoms with Crippen molar-refractivity contribution in [2.75, 3.05) is 6.61 Å². The second-order valence-electron chi connectivity index (χ2n) is 9.19. The van der Waals surface area contributed by atoms with E-state index in [4.69, 9.17) is 9.15 Å². The van der Waals surface area contributed by atoms with Crippen LogP contribution in [-0.4, -0.2) is 28.9 Å². The summed E-state index contributed by atoms with van der Waals surface area (Å²) in [6.45, 7) is -0.00137. The molecular weight excluding hydrogens is 384 g/mol. The highest BCUT2D eigenvalue weighted by Crippen LogP contribution is 2.58. The summed E-state index contributed by atoms with van der Waals surface area (Å²) in [5.74, 6) is 1.74. The van der Waals surface area contributed by atoms with Gasteiger partial charge >= 0.3 is 11.7 Å². The number of carbonyl (C=O) groups excluding carboxylic acids is 2. The molecule has 1 amide bonds. The fourth-order valence-corrected chi connectivity index (χ4v) is 6.34. The first-order chi connectivity index (χ1) is 14.5. The Morgan fingerprint density at radius 1 is 1.10 bits per heavy atom. The van der Waals surface area contributed by atoms with Crippen LogP contribution in [0.15, 0.2) is 47.2 Å². The average molecular weight is 410 g/mol. The third kappa shape index (κ3) is 3.46. The van der Waals surface area contributed by atoms with E-state index in [0.717, 1.165) is 25.0 Å². The summed E-state index contributed by atoms with van der Waals surface area (Å²) in [5.41, 5.74) is -0.311. The second-order valence-corrected chi connectivity index (χ2v) is 9.19. The molecule has 2 heterocycles. The van der Waals surface area contributed by atoms with E-state index in [9.17, 15) is 14.8 Å². The Balaban J connectivity index is 1.35. The van der Waals surface area contributed by atoms with Crippen molar-refractivity contribution in [3.8, 4) is 0 Å². The highest BCUT2D eigenvalue weighted by molar-refractivity contribution is 5.88. The van der Waals surface area contributed by atoms with Gasteiger partial charge in [0.15, 0.2) is 12.8 Å². The maximum atomic E-state index is 13.3. The van der Waals surface area contributed by atoms with Crippen LogP contribution in [0.25, 0.3) is 0 Å². The van der Waals surface area contributed by atoms with Gasteiger partial charge in [0.1, 0.15) is 5.76 Å². The first-order valence-electron chi connectivity index (χ1n) is 10.7. The Labute approximate surface area is 175 Å². The minimum Gasteiger partial charge on any atom is -0.618 e. The smallest absolute Gasteiger partial charge is 0.405 e. The molecule has 0 N–H and O–H groups in total. The molecule has 6 rings (SSSR count). The molecule has 0 aliphatic heterocycles. The molecule has 0 unspecified atom stereocenters. The number of hydrogen-bond donors (Lipinski definition) is 0. The minimum atomic E-state index is -0.789. The lowest BCUT2D eigenvalue weighted by atomic mass is 9.52. The van der Waals surface area contributed by atoms with E-state index in [1.807, 2.05) is 17.0 Å². The van der Waals surface area contributed by atoms with Gasteiger partial charge in [0.05, 0.1) is 12.8 Å². The van der Waals surface area contributed by atoms with E-state index < -0.39 is 5.97 Å². The zero-order chi connectivity index (χ0) is 20.7. The number of nitrogens with zero attached hydrogens (tertiary/aromatic N) is 2. The van der Waals surface area contributed by atoms with E-state index in [2.05, 4.69) is 0 Å². The molecule has 7 heteroatoms. The van der Waals surface area contributed by atoms with Crippen molar-refractivity contribution in [2.24, 2.45) is 17.8 Å². The van der Waals surface area contributed by atoms with Crippen molar-refractivity contribution in [1.29, 1.82) is 0 Å². The molecule has 30 heavy (non-hydrogen) atoms. The normalized spacial score (nSPS) is 29.0. The predicted octanol–water partition coefficient (Wildman–Crippen LogP) is 3.07. The van der Waals surface area contributed by atoms with E-state index in [0.29, 0.717) is 29.0 Å². The average Bonchev–Trinajstić information content (AvgIpc) is 3.22. The van der Waals surface area contributed by atoms with Gasteiger partial charge in [-0.3, -0.25) is 4.79 Å². The summed E-state index contributed by atoms with van der Waals surface area (Å²) in [7, 11) is 0. The molecule has 4 bridgehead atoms. The summed E-state index contributed by atoms with van der Waals surface area (Å²) in [5, 5.41) is 11.8. The number of hydrogen-bond acceptors (Lipinski definition) is 5. The Morgan fingerprint density at radius 3 is 2.40 bits per heavy atom. The van der Waals surface area contributed by atoms with E-state index >= 15 is 0 Å². The molecule has 0 spiro atoms. The Morgan fingerprint density at radius 2 is 1.80 bits per heavy atom. The monoisotopic (exact) mass is 410 g/mol. The number of esters is 1. The van der Waals surface area contributed by atoms with Crippen LogP contribution in [-0.2, 0) is 16.1 Å². The predicted molar refractivity (Wildman–Crippen MR) is 106 cm³/mol. The zero-order valence-electron chi connectivity index (χ0n) is 16.9. The third-order valence-corrected chi connectivity index (χ3v) is 7.13. The quantitative estimate of drug-likeness (QED) is 0.415. The van der Waals surface area contributed by atoms with Crippen LogP contribution in [0, 0.1) is 23.0 Å². The van der Waals surface area contributed by atoms with E-state index in [-0.39, 0.29) is 23.7 Å². The van der Waals surface area contributed by atoms with Crippen molar-refractivity contribution >= 4 is 11.9 Å². The van der Waals surface area contributed by atoms with E-state index in [1.54, 1.807) is 12.3 Å². The summed E-state index contributed by atoms with van der Waals surface area (Å²) in [6.07, 6.45) is 9.70. The van der Waals surface area contributed by atoms with Crippen LogP contribution in [0.1, 0.15) is 54.8 Å². The Hall–Kier alpha value is -2.83. The topological polar surface area (TPSA) is 86.7 Å². The van der Waals surface area contributed by atoms with Gasteiger partial charge in [-0.2, -0.15) is 4.73 Å². The van der Waals surface area contributed by atoms with Crippen molar-refractivity contribution in [1.82, 2.24) is 4.90 Å². The summed E-state index contributed by atoms with van der Waals surface area (Å²) >= 11 is 0. The molecule has 2 aromatic rings. The molecular formula is C23H26N2O5. The summed E-state index contributed by atoms with van der Waals surface area (Å²) < 4.78 is 11.2. The number of aromatic nitrogens is 1. The highest BCUT2D eigenvalue weighted by Gasteiger charge is 2.54. The van der Waals surface area contributed by atoms with Gasteiger partial charge < -0.3 is 19.3 Å². The first-order valence-corrected chi connectivity index (χ1v) is 10.7. The SMILES string of the molecule is O=C(OCC(=O)N(Cc1ccco1)C12CC3CC(CC(C3)C1)C2)c1cccc[n+]1[O-]. The second kappa shape index (κ2) is 7.45. The number of furan rings is 1. The third-order valence-electron chi connectivity index (χ3n) is 7.13. The number of carbonyl (C=O) groups is 2. The minimum absolute atomic E-state index is 0.127. The molecule has 4 aliphatic rings. The molecule has 4 fully saturated rings. The van der Waals surface area contributed by atoms with Crippen LogP contribution in [0.5, 0.6) is 0 Å². The summed E-state index contributed by atoms with van der Waals surface area (Å²) in [4.78, 5) is 27.6. The number of amides is 1. The van der Waals surface area contributed by atoms with Crippen LogP contribution in [0.4, 0.5) is 0 Å². The number of pyridine rings is 1. The molecule has 0 radical (unpaired) electrons. The van der Waals surface area contributed by atoms with E-state index in [1.165, 1.54) is 37.6 Å². The highest BCUT2D eigenvalue weighted by atomic mass is 16.5. The molecule has 0 saturated heterocycles. The fourth-order valence-electron chi connectivity index (χ4n) is 6.34. The van der Waals surface area contributed by atoms with Crippen LogP contribution >= 0.6 is 0 Å². The molecule has 0 aromatic carbocycles. The van der Waals surface area contributed by atoms with Gasteiger partial charge in [-0.15, -0.1) is 0 Å². The van der Waals surface area contributed by atoms with Gasteiger partial charge in [0.25, 0.3) is 5.91 Å². The summed E-state index contributed by atoms with van der Waals surface area (Å²) in [6, 6.07) is 8.20. The van der Waals surface area contributed by atoms with Gasteiger partial charge in [-0.25, -0.2) is 4.79 Å². The lowest BCUT2D eigenvalue weighted by Gasteiger charge is -2.60. The Kier molecular flexibility index (Phi) is 4.76. The molecule has 0 atom stereocenters. The molecule has 7 nitrogen and oxygen atoms in total. The lowest BCUT2D eigenvalue weighted by molar-refractivity contribution is -0.608. The maximum Gasteiger partial charge on any atom is 0.405 e. The standard InChI is InChI=1S/C23H26N2O5/c26-21(15-30-22(27)20-5-1-2-6-25(20)28)24(14-19-4-3-7-29-19)23-11-16-8-17(12-23)10-18(9-16)13-23/h1-7,16-18H,8-15H2. The van der Waals surface area contributed by atoms with Crippen molar-refractivity contribution in [3.05, 3.63) is 59.5 Å². The molecule has 2 aromatic heterocycles. The van der Waals surface area contributed by atoms with Crippen LogP contribution < -0.4 is 4.73 Å². The van der Waals surface area contributed by atoms with Crippen molar-refractivity contribution in [2.45, 2.75) is 50.6 Å². The van der Waals surface area contributed by atoms with Gasteiger partial charge in [-0.05, 0) is 74.5 Å². The molecule has 4 aliphatic carbocycles. The number of ether oxygens (including phenoxy) is 1. The molecule has 158 valence electrons.